The summed E-state index contributed by atoms with van der Waals surface area (Å²) in [6.07, 6.45) is 0. The molecule has 0 bridgehead atoms. The molecule has 3 N–H and O–H groups in total. The summed E-state index contributed by atoms with van der Waals surface area (Å²) in [7, 11) is -3.55. The van der Waals surface area contributed by atoms with Gasteiger partial charge < -0.3 is 10.2 Å². The number of nitrogens with one attached hydrogen (secondary N) is 1. The van der Waals surface area contributed by atoms with Crippen LogP contribution in [0.25, 0.3) is 0 Å². The van der Waals surface area contributed by atoms with Crippen molar-refractivity contribution in [3.63, 3.8) is 0 Å². The molecule has 0 aliphatic carbocycles. The Kier molecular flexibility index (Phi) is 3.30. The highest BCUT2D eigenvalue weighted by atomic mass is 32.2. The fourth-order valence-corrected chi connectivity index (χ4v) is 2.16. The van der Waals surface area contributed by atoms with Crippen LogP contribution in [0.5, 0.6) is 0 Å². The molecule has 1 aromatic heterocycles. The van der Waals surface area contributed by atoms with E-state index < -0.39 is 10.0 Å². The second kappa shape index (κ2) is 4.12. The van der Waals surface area contributed by atoms with Crippen molar-refractivity contribution in [2.75, 3.05) is 6.54 Å². The maximum Gasteiger partial charge on any atom is 0.274 e. The van der Waals surface area contributed by atoms with Gasteiger partial charge in [-0.2, -0.15) is 0 Å². The Labute approximate surface area is 83.3 Å². The molecule has 1 rings (SSSR count). The fourth-order valence-electron chi connectivity index (χ4n) is 0.928. The van der Waals surface area contributed by atoms with Crippen LogP contribution < -0.4 is 10.5 Å². The minimum atomic E-state index is -3.55. The summed E-state index contributed by atoms with van der Waals surface area (Å²) in [4.78, 5) is 0. The van der Waals surface area contributed by atoms with Gasteiger partial charge in [-0.25, -0.2) is 13.1 Å². The number of hydrogen-bond acceptors (Lipinski definition) is 4. The second-order valence-electron chi connectivity index (χ2n) is 3.12. The zero-order chi connectivity index (χ0) is 10.8. The van der Waals surface area contributed by atoms with Crippen LogP contribution in [0.4, 0.5) is 0 Å². The lowest BCUT2D eigenvalue weighted by atomic mass is 10.4. The quantitative estimate of drug-likeness (QED) is 0.756. The number of rotatable bonds is 4. The zero-order valence-corrected chi connectivity index (χ0v) is 8.97. The molecule has 5 nitrogen and oxygen atoms in total. The Bertz CT molecular complexity index is 396. The Balaban J connectivity index is 2.86. The van der Waals surface area contributed by atoms with Crippen molar-refractivity contribution in [3.8, 4) is 0 Å². The predicted octanol–water partition coefficient (Wildman–Crippen LogP) is 0.214. The number of nitrogens with two attached hydrogens (primary N) is 1. The van der Waals surface area contributed by atoms with Gasteiger partial charge in [-0.1, -0.05) is 0 Å². The summed E-state index contributed by atoms with van der Waals surface area (Å²) in [5, 5.41) is -0.0738. The summed E-state index contributed by atoms with van der Waals surface area (Å²) in [6, 6.07) is 2.72. The van der Waals surface area contributed by atoms with Crippen molar-refractivity contribution in [1.29, 1.82) is 0 Å². The van der Waals surface area contributed by atoms with E-state index in [0.29, 0.717) is 5.76 Å². The van der Waals surface area contributed by atoms with Gasteiger partial charge in [0, 0.05) is 12.6 Å². The van der Waals surface area contributed by atoms with Gasteiger partial charge in [0.2, 0.25) is 5.09 Å². The first-order valence-electron chi connectivity index (χ1n) is 4.24. The molecule has 0 aliphatic rings. The number of sulfonamides is 1. The van der Waals surface area contributed by atoms with E-state index in [1.54, 1.807) is 19.9 Å². The van der Waals surface area contributed by atoms with E-state index in [0.717, 1.165) is 0 Å². The first-order valence-corrected chi connectivity index (χ1v) is 5.73. The lowest BCUT2D eigenvalue weighted by Gasteiger charge is -2.09. The van der Waals surface area contributed by atoms with Crippen molar-refractivity contribution in [2.24, 2.45) is 5.73 Å². The molecular formula is C8H14N2O3S. The third kappa shape index (κ3) is 2.57. The second-order valence-corrected chi connectivity index (χ2v) is 4.77. The van der Waals surface area contributed by atoms with E-state index in [1.807, 2.05) is 0 Å². The smallest absolute Gasteiger partial charge is 0.274 e. The summed E-state index contributed by atoms with van der Waals surface area (Å²) in [5.74, 6) is 0.561. The molecule has 0 radical (unpaired) electrons. The molecule has 0 aliphatic heterocycles. The number of furan rings is 1. The van der Waals surface area contributed by atoms with Crippen LogP contribution in [0.15, 0.2) is 21.6 Å². The zero-order valence-electron chi connectivity index (χ0n) is 8.15. The number of aryl methyl sites for hydroxylation is 1. The highest BCUT2D eigenvalue weighted by Gasteiger charge is 2.19. The van der Waals surface area contributed by atoms with Crippen LogP contribution in [0.3, 0.4) is 0 Å². The van der Waals surface area contributed by atoms with Crippen LogP contribution in [0, 0.1) is 6.92 Å². The molecule has 6 heteroatoms. The van der Waals surface area contributed by atoms with E-state index in [1.165, 1.54) is 6.07 Å². The molecule has 0 unspecified atom stereocenters. The summed E-state index contributed by atoms with van der Waals surface area (Å²) in [6.45, 7) is 3.62. The molecule has 0 spiro atoms. The molecule has 0 fully saturated rings. The maximum absolute atomic E-state index is 11.6. The molecule has 14 heavy (non-hydrogen) atoms. The van der Waals surface area contributed by atoms with Gasteiger partial charge in [0.1, 0.15) is 5.76 Å². The van der Waals surface area contributed by atoms with Crippen molar-refractivity contribution < 1.29 is 12.8 Å². The molecule has 1 atom stereocenters. The topological polar surface area (TPSA) is 85.3 Å². The van der Waals surface area contributed by atoms with Crippen LogP contribution in [-0.4, -0.2) is 21.0 Å². The highest BCUT2D eigenvalue weighted by molar-refractivity contribution is 7.89. The Hall–Kier alpha value is -0.850. The van der Waals surface area contributed by atoms with E-state index in [4.69, 9.17) is 10.2 Å². The molecule has 0 saturated carbocycles. The molecule has 1 heterocycles. The average Bonchev–Trinajstić information content (AvgIpc) is 2.51. The average molecular weight is 218 g/mol. The van der Waals surface area contributed by atoms with Crippen molar-refractivity contribution in [2.45, 2.75) is 25.0 Å². The van der Waals surface area contributed by atoms with Crippen molar-refractivity contribution in [3.05, 3.63) is 17.9 Å². The first kappa shape index (κ1) is 11.2. The molecule has 0 aromatic carbocycles. The van der Waals surface area contributed by atoms with Crippen LogP contribution in [-0.2, 0) is 10.0 Å². The van der Waals surface area contributed by atoms with Crippen molar-refractivity contribution >= 4 is 10.0 Å². The predicted molar refractivity (Wildman–Crippen MR) is 52.3 cm³/mol. The lowest BCUT2D eigenvalue weighted by molar-refractivity contribution is 0.422. The Morgan fingerprint density at radius 3 is 2.64 bits per heavy atom. The van der Waals surface area contributed by atoms with Gasteiger partial charge in [0.25, 0.3) is 10.0 Å². The third-order valence-corrected chi connectivity index (χ3v) is 3.15. The molecule has 0 saturated heterocycles. The lowest BCUT2D eigenvalue weighted by Crippen LogP contribution is -2.37. The normalized spacial score (nSPS) is 14.2. The van der Waals surface area contributed by atoms with E-state index in [9.17, 15) is 8.42 Å². The maximum atomic E-state index is 11.6. The molecule has 1 aromatic rings. The standard InChI is InChI=1S/C8H14N2O3S/c1-6(5-9)10-14(11,12)8-4-3-7(2)13-8/h3-4,6,10H,5,9H2,1-2H3/t6-/m0/s1. The third-order valence-electron chi connectivity index (χ3n) is 1.69. The minimum absolute atomic E-state index is 0.0738. The van der Waals surface area contributed by atoms with Crippen LogP contribution in [0.2, 0.25) is 0 Å². The van der Waals surface area contributed by atoms with E-state index in [2.05, 4.69) is 4.72 Å². The first-order chi connectivity index (χ1) is 6.45. The van der Waals surface area contributed by atoms with Gasteiger partial charge >= 0.3 is 0 Å². The summed E-state index contributed by atoms with van der Waals surface area (Å²) >= 11 is 0. The van der Waals surface area contributed by atoms with E-state index in [-0.39, 0.29) is 17.7 Å². The van der Waals surface area contributed by atoms with E-state index >= 15 is 0 Å². The van der Waals surface area contributed by atoms with Gasteiger partial charge in [-0.15, -0.1) is 0 Å². The van der Waals surface area contributed by atoms with Crippen molar-refractivity contribution in [1.82, 2.24) is 4.72 Å². The van der Waals surface area contributed by atoms with Crippen LogP contribution >= 0.6 is 0 Å². The monoisotopic (exact) mass is 218 g/mol. The van der Waals surface area contributed by atoms with Crippen LogP contribution in [0.1, 0.15) is 12.7 Å². The van der Waals surface area contributed by atoms with Gasteiger partial charge in [-0.3, -0.25) is 0 Å². The SMILES string of the molecule is Cc1ccc(S(=O)(=O)N[C@@H](C)CN)o1. The molecular weight excluding hydrogens is 204 g/mol. The molecule has 0 amide bonds. The minimum Gasteiger partial charge on any atom is -0.449 e. The largest absolute Gasteiger partial charge is 0.449 e. The highest BCUT2D eigenvalue weighted by Crippen LogP contribution is 2.12. The Morgan fingerprint density at radius 1 is 1.57 bits per heavy atom. The number of hydrogen-bond donors (Lipinski definition) is 2. The summed E-state index contributed by atoms with van der Waals surface area (Å²) < 4.78 is 30.5. The van der Waals surface area contributed by atoms with Gasteiger partial charge in [-0.05, 0) is 26.0 Å². The van der Waals surface area contributed by atoms with Gasteiger partial charge in [0.15, 0.2) is 0 Å². The van der Waals surface area contributed by atoms with Gasteiger partial charge in [0.05, 0.1) is 0 Å². The Morgan fingerprint density at radius 2 is 2.21 bits per heavy atom. The molecule has 80 valence electrons. The fraction of sp³-hybridized carbons (Fsp3) is 0.500. The summed E-state index contributed by atoms with van der Waals surface area (Å²) in [5.41, 5.74) is 5.30.